The van der Waals surface area contributed by atoms with E-state index in [-0.39, 0.29) is 11.9 Å². The Morgan fingerprint density at radius 1 is 1.03 bits per heavy atom. The summed E-state index contributed by atoms with van der Waals surface area (Å²) in [6, 6.07) is 12.4. The van der Waals surface area contributed by atoms with E-state index in [1.165, 1.54) is 37.7 Å². The molecule has 0 unspecified atom stereocenters. The summed E-state index contributed by atoms with van der Waals surface area (Å²) < 4.78 is 0. The van der Waals surface area contributed by atoms with Gasteiger partial charge in [0, 0.05) is 44.6 Å². The van der Waals surface area contributed by atoms with E-state index in [1.54, 1.807) is 11.1 Å². The molecule has 1 aliphatic carbocycles. The summed E-state index contributed by atoms with van der Waals surface area (Å²) in [5.41, 5.74) is 3.36. The Balaban J connectivity index is 1.22. The van der Waals surface area contributed by atoms with Gasteiger partial charge in [-0.2, -0.15) is 0 Å². The van der Waals surface area contributed by atoms with Crippen LogP contribution in [0.25, 0.3) is 0 Å². The minimum atomic E-state index is -0.726. The maximum Gasteiger partial charge on any atom is 0.330 e. The van der Waals surface area contributed by atoms with Crippen LogP contribution in [0.4, 0.5) is 16.3 Å². The smallest absolute Gasteiger partial charge is 0.330 e. The van der Waals surface area contributed by atoms with Gasteiger partial charge in [0.1, 0.15) is 5.82 Å². The van der Waals surface area contributed by atoms with Gasteiger partial charge in [-0.15, -0.1) is 0 Å². The predicted molar refractivity (Wildman–Crippen MR) is 123 cm³/mol. The summed E-state index contributed by atoms with van der Waals surface area (Å²) in [7, 11) is 0. The summed E-state index contributed by atoms with van der Waals surface area (Å²) in [6.45, 7) is 3.12. The summed E-state index contributed by atoms with van der Waals surface area (Å²) in [5, 5.41) is 9.00. The molecule has 7 nitrogen and oxygen atoms in total. The fourth-order valence-electron chi connectivity index (χ4n) is 5.15. The van der Waals surface area contributed by atoms with Gasteiger partial charge in [-0.3, -0.25) is 19.5 Å². The Kier molecular flexibility index (Phi) is 5.83. The molecule has 2 saturated heterocycles. The van der Waals surface area contributed by atoms with Gasteiger partial charge in [0.25, 0.3) is 0 Å². The van der Waals surface area contributed by atoms with Crippen LogP contribution in [0.3, 0.4) is 0 Å². The van der Waals surface area contributed by atoms with Crippen molar-refractivity contribution in [2.75, 3.05) is 36.0 Å². The molecule has 32 heavy (non-hydrogen) atoms. The van der Waals surface area contributed by atoms with Gasteiger partial charge >= 0.3 is 12.0 Å². The zero-order chi connectivity index (χ0) is 22.1. The number of anilines is 2. The van der Waals surface area contributed by atoms with E-state index >= 15 is 0 Å². The fourth-order valence-corrected chi connectivity index (χ4v) is 5.15. The number of hydrogen-bond donors (Lipinski definition) is 1. The van der Waals surface area contributed by atoms with Gasteiger partial charge in [0.2, 0.25) is 0 Å². The summed E-state index contributed by atoms with van der Waals surface area (Å²) in [6.07, 6.45) is 8.21. The third-order valence-corrected chi connectivity index (χ3v) is 7.07. The van der Waals surface area contributed by atoms with Crippen LogP contribution >= 0.6 is 0 Å². The van der Waals surface area contributed by atoms with Gasteiger partial charge in [0.15, 0.2) is 0 Å². The van der Waals surface area contributed by atoms with Crippen LogP contribution in [0.5, 0.6) is 0 Å². The third-order valence-electron chi connectivity index (χ3n) is 7.07. The highest BCUT2D eigenvalue weighted by atomic mass is 16.4. The van der Waals surface area contributed by atoms with Gasteiger partial charge < -0.3 is 5.11 Å². The summed E-state index contributed by atoms with van der Waals surface area (Å²) in [5.74, 6) is 0.295. The molecule has 0 bridgehead atoms. The van der Waals surface area contributed by atoms with Crippen molar-refractivity contribution >= 4 is 23.5 Å². The van der Waals surface area contributed by atoms with Crippen LogP contribution in [0.2, 0.25) is 0 Å². The minimum Gasteiger partial charge on any atom is -0.481 e. The molecule has 2 aromatic rings. The van der Waals surface area contributed by atoms with E-state index in [0.29, 0.717) is 44.5 Å². The number of pyridine rings is 1. The van der Waals surface area contributed by atoms with Crippen molar-refractivity contribution in [1.82, 2.24) is 9.88 Å². The molecular formula is C25H30N4O3. The van der Waals surface area contributed by atoms with Gasteiger partial charge in [-0.1, -0.05) is 37.5 Å². The first kappa shape index (κ1) is 20.9. The molecule has 1 aromatic heterocycles. The molecule has 2 amide bonds. The van der Waals surface area contributed by atoms with Crippen LogP contribution in [0.15, 0.2) is 42.6 Å². The van der Waals surface area contributed by atoms with Crippen LogP contribution in [0.1, 0.15) is 49.1 Å². The molecule has 1 saturated carbocycles. The maximum atomic E-state index is 13.2. The number of carbonyl (C=O) groups excluding carboxylic acids is 1. The Bertz CT molecular complexity index is 981. The number of benzene rings is 1. The lowest BCUT2D eigenvalue weighted by Crippen LogP contribution is -2.49. The van der Waals surface area contributed by atoms with Crippen molar-refractivity contribution in [3.05, 3.63) is 53.7 Å². The molecule has 1 aromatic carbocycles. The lowest BCUT2D eigenvalue weighted by molar-refractivity contribution is -0.147. The number of nitrogens with zero attached hydrogens (tertiary/aromatic N) is 4. The number of likely N-dealkylation sites (tertiary alicyclic amines) is 1. The molecule has 3 heterocycles. The van der Waals surface area contributed by atoms with Crippen LogP contribution in [-0.2, 0) is 11.3 Å². The number of aliphatic carboxylic acids is 1. The zero-order valence-electron chi connectivity index (χ0n) is 18.3. The second-order valence-corrected chi connectivity index (χ2v) is 9.27. The molecule has 5 rings (SSSR count). The Hall–Kier alpha value is -2.93. The molecule has 0 radical (unpaired) electrons. The third kappa shape index (κ3) is 4.21. The summed E-state index contributed by atoms with van der Waals surface area (Å²) in [4.78, 5) is 34.3. The lowest BCUT2D eigenvalue weighted by Gasteiger charge is -2.36. The number of amides is 2. The van der Waals surface area contributed by atoms with E-state index in [2.05, 4.69) is 28.1 Å². The average molecular weight is 435 g/mol. The highest BCUT2D eigenvalue weighted by Gasteiger charge is 2.33. The molecule has 7 heteroatoms. The highest BCUT2D eigenvalue weighted by molar-refractivity contribution is 6.05. The Labute approximate surface area is 188 Å². The number of hydrogen-bond acceptors (Lipinski definition) is 4. The van der Waals surface area contributed by atoms with Crippen molar-refractivity contribution < 1.29 is 14.7 Å². The number of carbonyl (C=O) groups is 2. The lowest BCUT2D eigenvalue weighted by atomic mass is 9.84. The highest BCUT2D eigenvalue weighted by Crippen LogP contribution is 2.35. The quantitative estimate of drug-likeness (QED) is 0.741. The standard InChI is InChI=1S/C25H30N4O3/c30-24(31)21-16-27(17-21)15-18-9-10-23(26-14-18)29-12-11-28(25(29)32)22-8-4-7-20(13-22)19-5-2-1-3-6-19/h4,7-10,13-14,19,21H,1-3,5-6,11-12,15-17H2,(H,30,31). The molecule has 168 valence electrons. The molecule has 0 spiro atoms. The van der Waals surface area contributed by atoms with Gasteiger partial charge in [-0.05, 0) is 48.1 Å². The van der Waals surface area contributed by atoms with Crippen molar-refractivity contribution in [2.45, 2.75) is 44.6 Å². The maximum absolute atomic E-state index is 13.2. The van der Waals surface area contributed by atoms with E-state index in [4.69, 9.17) is 5.11 Å². The molecular weight excluding hydrogens is 404 g/mol. The van der Waals surface area contributed by atoms with Crippen LogP contribution in [0, 0.1) is 5.92 Å². The second-order valence-electron chi connectivity index (χ2n) is 9.27. The van der Waals surface area contributed by atoms with Crippen LogP contribution < -0.4 is 9.80 Å². The van der Waals surface area contributed by atoms with E-state index in [1.807, 2.05) is 23.1 Å². The largest absolute Gasteiger partial charge is 0.481 e. The van der Waals surface area contributed by atoms with E-state index in [9.17, 15) is 9.59 Å². The van der Waals surface area contributed by atoms with E-state index < -0.39 is 5.97 Å². The molecule has 3 aliphatic rings. The predicted octanol–water partition coefficient (Wildman–Crippen LogP) is 4.09. The fraction of sp³-hybridized carbons (Fsp3) is 0.480. The Morgan fingerprint density at radius 3 is 2.53 bits per heavy atom. The van der Waals surface area contributed by atoms with Gasteiger partial charge in [-0.25, -0.2) is 9.78 Å². The average Bonchev–Trinajstić information content (AvgIpc) is 3.18. The topological polar surface area (TPSA) is 77.0 Å². The summed E-state index contributed by atoms with van der Waals surface area (Å²) >= 11 is 0. The second kappa shape index (κ2) is 8.90. The first-order chi connectivity index (χ1) is 15.6. The monoisotopic (exact) mass is 434 g/mol. The van der Waals surface area contributed by atoms with Crippen molar-refractivity contribution in [3.63, 3.8) is 0 Å². The van der Waals surface area contributed by atoms with Crippen molar-refractivity contribution in [3.8, 4) is 0 Å². The normalized spacial score (nSPS) is 20.6. The molecule has 0 atom stereocenters. The van der Waals surface area contributed by atoms with Crippen LogP contribution in [-0.4, -0.2) is 53.2 Å². The molecule has 2 aliphatic heterocycles. The number of aromatic nitrogens is 1. The number of carboxylic acids is 1. The van der Waals surface area contributed by atoms with Gasteiger partial charge in [0.05, 0.1) is 5.92 Å². The zero-order valence-corrected chi connectivity index (χ0v) is 18.3. The number of urea groups is 1. The van der Waals surface area contributed by atoms with E-state index in [0.717, 1.165) is 11.3 Å². The Morgan fingerprint density at radius 2 is 1.81 bits per heavy atom. The molecule has 3 fully saturated rings. The SMILES string of the molecule is O=C(O)C1CN(Cc2ccc(N3CCN(c4cccc(C5CCCCC5)c4)C3=O)nc2)C1. The van der Waals surface area contributed by atoms with Crippen molar-refractivity contribution in [2.24, 2.45) is 5.92 Å². The first-order valence-corrected chi connectivity index (χ1v) is 11.7. The minimum absolute atomic E-state index is 0.0295. The number of carboxylic acid groups (broad SMARTS) is 1. The number of rotatable bonds is 6. The van der Waals surface area contributed by atoms with Crippen molar-refractivity contribution in [1.29, 1.82) is 0 Å². The molecule has 1 N–H and O–H groups in total. The first-order valence-electron chi connectivity index (χ1n) is 11.7.